The average molecular weight is 197 g/mol. The van der Waals surface area contributed by atoms with Gasteiger partial charge in [0.2, 0.25) is 0 Å². The monoisotopic (exact) mass is 197 g/mol. The summed E-state index contributed by atoms with van der Waals surface area (Å²) in [5.41, 5.74) is 1.30. The van der Waals surface area contributed by atoms with Gasteiger partial charge in [0.1, 0.15) is 0 Å². The predicted octanol–water partition coefficient (Wildman–Crippen LogP) is 2.09. The molecule has 0 aliphatic rings. The van der Waals surface area contributed by atoms with Crippen molar-refractivity contribution in [1.29, 1.82) is 0 Å². The van der Waals surface area contributed by atoms with Crippen LogP contribution in [0.2, 0.25) is 0 Å². The lowest BCUT2D eigenvalue weighted by molar-refractivity contribution is 0.192. The van der Waals surface area contributed by atoms with Crippen molar-refractivity contribution in [1.82, 2.24) is 4.98 Å². The van der Waals surface area contributed by atoms with Crippen LogP contribution < -0.4 is 0 Å². The molecule has 3 heteroatoms. The zero-order valence-electron chi connectivity index (χ0n) is 7.81. The number of rotatable bonds is 5. The molecule has 1 aromatic heterocycles. The first kappa shape index (κ1) is 10.5. The first-order valence-corrected chi connectivity index (χ1v) is 5.59. The second-order valence-corrected chi connectivity index (χ2v) is 4.15. The van der Waals surface area contributed by atoms with E-state index in [0.29, 0.717) is 0 Å². The molecule has 0 aliphatic carbocycles. The highest BCUT2D eigenvalue weighted by molar-refractivity contribution is 7.98. The van der Waals surface area contributed by atoms with Crippen molar-refractivity contribution in [2.75, 3.05) is 5.75 Å². The Hall–Kier alpha value is -0.540. The lowest BCUT2D eigenvalue weighted by Gasteiger charge is -2.03. The summed E-state index contributed by atoms with van der Waals surface area (Å²) in [6, 6.07) is 4.05. The van der Waals surface area contributed by atoms with Crippen molar-refractivity contribution >= 4 is 11.8 Å². The van der Waals surface area contributed by atoms with Crippen LogP contribution in [0.5, 0.6) is 0 Å². The SMILES string of the molecule is CC(O)CCSCc1ccncc1. The van der Waals surface area contributed by atoms with E-state index in [2.05, 4.69) is 4.98 Å². The maximum absolute atomic E-state index is 9.03. The summed E-state index contributed by atoms with van der Waals surface area (Å²) in [4.78, 5) is 3.95. The average Bonchev–Trinajstić information content (AvgIpc) is 2.14. The molecule has 0 fully saturated rings. The van der Waals surface area contributed by atoms with Gasteiger partial charge in [-0.3, -0.25) is 4.98 Å². The molecule has 1 atom stereocenters. The van der Waals surface area contributed by atoms with Crippen molar-refractivity contribution < 1.29 is 5.11 Å². The first-order valence-electron chi connectivity index (χ1n) is 4.44. The van der Waals surface area contributed by atoms with E-state index in [0.717, 1.165) is 17.9 Å². The van der Waals surface area contributed by atoms with Gasteiger partial charge >= 0.3 is 0 Å². The normalized spacial score (nSPS) is 12.8. The van der Waals surface area contributed by atoms with Gasteiger partial charge in [-0.1, -0.05) is 0 Å². The Morgan fingerprint density at radius 2 is 2.15 bits per heavy atom. The fourth-order valence-electron chi connectivity index (χ4n) is 0.923. The summed E-state index contributed by atoms with van der Waals surface area (Å²) in [7, 11) is 0. The summed E-state index contributed by atoms with van der Waals surface area (Å²) in [6.45, 7) is 1.83. The van der Waals surface area contributed by atoms with Crippen molar-refractivity contribution in [3.8, 4) is 0 Å². The third-order valence-electron chi connectivity index (χ3n) is 1.70. The van der Waals surface area contributed by atoms with Gasteiger partial charge < -0.3 is 5.11 Å². The second kappa shape index (κ2) is 6.00. The molecule has 0 saturated heterocycles. The van der Waals surface area contributed by atoms with Crippen LogP contribution in [-0.4, -0.2) is 21.9 Å². The Kier molecular flexibility index (Phi) is 4.86. The number of nitrogens with zero attached hydrogens (tertiary/aromatic N) is 1. The molecule has 13 heavy (non-hydrogen) atoms. The van der Waals surface area contributed by atoms with Crippen LogP contribution in [0.1, 0.15) is 18.9 Å². The molecule has 0 amide bonds. The fourth-order valence-corrected chi connectivity index (χ4v) is 2.00. The molecule has 1 N–H and O–H groups in total. The number of aliphatic hydroxyl groups is 1. The van der Waals surface area contributed by atoms with E-state index in [-0.39, 0.29) is 6.10 Å². The van der Waals surface area contributed by atoms with E-state index in [9.17, 15) is 0 Å². The zero-order valence-corrected chi connectivity index (χ0v) is 8.63. The highest BCUT2D eigenvalue weighted by Gasteiger charge is 1.96. The lowest BCUT2D eigenvalue weighted by atomic mass is 10.3. The topological polar surface area (TPSA) is 33.1 Å². The van der Waals surface area contributed by atoms with E-state index in [1.165, 1.54) is 5.56 Å². The van der Waals surface area contributed by atoms with E-state index in [4.69, 9.17) is 5.11 Å². The third kappa shape index (κ3) is 4.90. The number of thioether (sulfide) groups is 1. The van der Waals surface area contributed by atoms with Crippen molar-refractivity contribution in [2.24, 2.45) is 0 Å². The first-order chi connectivity index (χ1) is 6.29. The Bertz CT molecular complexity index is 226. The molecule has 2 nitrogen and oxygen atoms in total. The minimum absolute atomic E-state index is 0.176. The third-order valence-corrected chi connectivity index (χ3v) is 2.76. The molecule has 0 spiro atoms. The van der Waals surface area contributed by atoms with E-state index in [1.54, 1.807) is 0 Å². The molecule has 1 rings (SSSR count). The molecule has 72 valence electrons. The smallest absolute Gasteiger partial charge is 0.0520 e. The molecular weight excluding hydrogens is 182 g/mol. The van der Waals surface area contributed by atoms with Crippen LogP contribution in [0.4, 0.5) is 0 Å². The van der Waals surface area contributed by atoms with Crippen molar-refractivity contribution in [2.45, 2.75) is 25.2 Å². The summed E-state index contributed by atoms with van der Waals surface area (Å²) >= 11 is 1.85. The maximum atomic E-state index is 9.03. The Morgan fingerprint density at radius 3 is 2.77 bits per heavy atom. The Balaban J connectivity index is 2.13. The van der Waals surface area contributed by atoms with Crippen molar-refractivity contribution in [3.63, 3.8) is 0 Å². The van der Waals surface area contributed by atoms with E-state index < -0.39 is 0 Å². The summed E-state index contributed by atoms with van der Waals surface area (Å²) in [5, 5.41) is 9.03. The second-order valence-electron chi connectivity index (χ2n) is 3.05. The largest absolute Gasteiger partial charge is 0.393 e. The molecule has 0 bridgehead atoms. The minimum Gasteiger partial charge on any atom is -0.393 e. The number of aromatic nitrogens is 1. The van der Waals surface area contributed by atoms with Gasteiger partial charge in [-0.2, -0.15) is 11.8 Å². The standard InChI is InChI=1S/C10H15NOS/c1-9(12)4-7-13-8-10-2-5-11-6-3-10/h2-3,5-6,9,12H,4,7-8H2,1H3. The van der Waals surface area contributed by atoms with Gasteiger partial charge in [0, 0.05) is 18.1 Å². The van der Waals surface area contributed by atoms with E-state index >= 15 is 0 Å². The molecule has 1 aromatic rings. The highest BCUT2D eigenvalue weighted by Crippen LogP contribution is 2.12. The van der Waals surface area contributed by atoms with Crippen molar-refractivity contribution in [3.05, 3.63) is 30.1 Å². The van der Waals surface area contributed by atoms with Gasteiger partial charge in [0.25, 0.3) is 0 Å². The van der Waals surface area contributed by atoms with E-state index in [1.807, 2.05) is 43.2 Å². The molecule has 1 heterocycles. The van der Waals surface area contributed by atoms with Gasteiger partial charge in [-0.05, 0) is 36.8 Å². The van der Waals surface area contributed by atoms with Crippen LogP contribution >= 0.6 is 11.8 Å². The molecule has 0 aliphatic heterocycles. The van der Waals surface area contributed by atoms with Gasteiger partial charge in [-0.25, -0.2) is 0 Å². The lowest BCUT2D eigenvalue weighted by Crippen LogP contribution is -2.00. The highest BCUT2D eigenvalue weighted by atomic mass is 32.2. The number of hydrogen-bond acceptors (Lipinski definition) is 3. The molecular formula is C10H15NOS. The fraction of sp³-hybridized carbons (Fsp3) is 0.500. The molecule has 0 radical (unpaired) electrons. The summed E-state index contributed by atoms with van der Waals surface area (Å²) < 4.78 is 0. The van der Waals surface area contributed by atoms with Crippen LogP contribution in [-0.2, 0) is 5.75 Å². The van der Waals surface area contributed by atoms with Gasteiger partial charge in [-0.15, -0.1) is 0 Å². The number of hydrogen-bond donors (Lipinski definition) is 1. The number of pyridine rings is 1. The number of aliphatic hydroxyl groups excluding tert-OH is 1. The molecule has 1 unspecified atom stereocenters. The predicted molar refractivity (Wildman–Crippen MR) is 56.7 cm³/mol. The van der Waals surface area contributed by atoms with Crippen LogP contribution in [0.25, 0.3) is 0 Å². The summed E-state index contributed by atoms with van der Waals surface area (Å²) in [5.74, 6) is 2.02. The van der Waals surface area contributed by atoms with Crippen LogP contribution in [0, 0.1) is 0 Å². The molecule has 0 aromatic carbocycles. The van der Waals surface area contributed by atoms with Crippen LogP contribution in [0.3, 0.4) is 0 Å². The Morgan fingerprint density at radius 1 is 1.46 bits per heavy atom. The van der Waals surface area contributed by atoms with Crippen LogP contribution in [0.15, 0.2) is 24.5 Å². The quantitative estimate of drug-likeness (QED) is 0.734. The zero-order chi connectivity index (χ0) is 9.52. The summed E-state index contributed by atoms with van der Waals surface area (Å²) in [6.07, 6.45) is 4.31. The van der Waals surface area contributed by atoms with Gasteiger partial charge in [0.05, 0.1) is 6.10 Å². The minimum atomic E-state index is -0.176. The Labute approximate surface area is 83.4 Å². The maximum Gasteiger partial charge on any atom is 0.0520 e. The molecule has 0 saturated carbocycles. The van der Waals surface area contributed by atoms with Gasteiger partial charge in [0.15, 0.2) is 0 Å².